The molecule has 4 nitrogen and oxygen atoms in total. The van der Waals surface area contributed by atoms with Gasteiger partial charge >= 0.3 is 5.97 Å². The van der Waals surface area contributed by atoms with E-state index < -0.39 is 57.2 Å². The first kappa shape index (κ1) is 4.51. The van der Waals surface area contributed by atoms with Crippen molar-refractivity contribution in [2.75, 3.05) is 6.61 Å². The van der Waals surface area contributed by atoms with E-state index in [1.807, 2.05) is 0 Å². The van der Waals surface area contributed by atoms with Gasteiger partial charge in [0.15, 0.2) is 0 Å². The molecule has 2 atom stereocenters. The van der Waals surface area contributed by atoms with Crippen molar-refractivity contribution in [2.45, 2.75) is 26.6 Å². The second kappa shape index (κ2) is 4.28. The van der Waals surface area contributed by atoms with Gasteiger partial charge in [-0.1, -0.05) is 6.85 Å². The van der Waals surface area contributed by atoms with Gasteiger partial charge in [-0.05, 0) is 19.8 Å². The number of hydrogen-bond donors (Lipinski definition) is 0. The highest BCUT2D eigenvalue weighted by atomic mass is 16.5. The summed E-state index contributed by atoms with van der Waals surface area (Å²) in [6, 6.07) is 0. The quantitative estimate of drug-likeness (QED) is 0.740. The van der Waals surface area contributed by atoms with Crippen molar-refractivity contribution in [3.05, 3.63) is 17.7 Å². The van der Waals surface area contributed by atoms with Gasteiger partial charge in [-0.25, -0.2) is 4.98 Å². The number of nitrogens with zero attached hydrogens (tertiary/aromatic N) is 2. The monoisotopic (exact) mass is 231 g/mol. The molecular weight excluding hydrogens is 204 g/mol. The van der Waals surface area contributed by atoms with Gasteiger partial charge in [0, 0.05) is 35.7 Å². The zero-order chi connectivity index (χ0) is 19.4. The Bertz CT molecular complexity index is 696. The van der Waals surface area contributed by atoms with E-state index >= 15 is 0 Å². The lowest BCUT2D eigenvalue weighted by molar-refractivity contribution is -0.141. The van der Waals surface area contributed by atoms with Crippen LogP contribution in [0, 0.1) is 18.7 Å². The molecule has 2 rings (SSSR count). The Balaban J connectivity index is 2.50. The number of imidazole rings is 1. The van der Waals surface area contributed by atoms with E-state index in [-0.39, 0.29) is 11.5 Å². The molecule has 1 aliphatic rings. The lowest BCUT2D eigenvalue weighted by Crippen LogP contribution is -2.18. The molecule has 0 unspecified atom stereocenters. The van der Waals surface area contributed by atoms with Crippen LogP contribution in [0.25, 0.3) is 0 Å². The van der Waals surface area contributed by atoms with E-state index in [1.165, 1.54) is 6.92 Å². The molecule has 0 N–H and O–H groups in total. The van der Waals surface area contributed by atoms with Crippen LogP contribution < -0.4 is 0 Å². The van der Waals surface area contributed by atoms with E-state index in [4.69, 9.17) is 17.1 Å². The van der Waals surface area contributed by atoms with Crippen molar-refractivity contribution in [3.8, 4) is 0 Å². The molecule has 2 heterocycles. The Kier molecular flexibility index (Phi) is 1.21. The molecule has 1 aliphatic heterocycles. The van der Waals surface area contributed by atoms with Crippen molar-refractivity contribution in [1.82, 2.24) is 9.55 Å². The highest BCUT2D eigenvalue weighted by molar-refractivity contribution is 5.74. The average Bonchev–Trinajstić information content (AvgIpc) is 2.77. The van der Waals surface area contributed by atoms with Crippen molar-refractivity contribution in [1.29, 1.82) is 0 Å². The fourth-order valence-corrected chi connectivity index (χ4v) is 1.59. The van der Waals surface area contributed by atoms with Crippen LogP contribution in [0.15, 0.2) is 6.17 Å². The van der Waals surface area contributed by atoms with E-state index in [0.29, 0.717) is 0 Å². The fourth-order valence-electron chi connectivity index (χ4n) is 1.59. The van der Waals surface area contributed by atoms with Gasteiger partial charge in [-0.2, -0.15) is 0 Å². The summed E-state index contributed by atoms with van der Waals surface area (Å²) in [6.45, 7) is -4.49. The molecule has 16 heavy (non-hydrogen) atoms. The predicted molar refractivity (Wildman–Crippen MR) is 59.9 cm³/mol. The summed E-state index contributed by atoms with van der Waals surface area (Å²) in [5.41, 5.74) is -0.159. The number of aryl methyl sites for hydroxylation is 1. The Morgan fingerprint density at radius 1 is 1.88 bits per heavy atom. The molecule has 0 amide bonds. The number of esters is 1. The van der Waals surface area contributed by atoms with E-state index in [2.05, 4.69) is 4.98 Å². The summed E-state index contributed by atoms with van der Waals surface area (Å²) in [7, 11) is 0. The molecule has 1 fully saturated rings. The summed E-state index contributed by atoms with van der Waals surface area (Å²) in [4.78, 5) is 15.8. The summed E-state index contributed by atoms with van der Waals surface area (Å²) >= 11 is 0. The van der Waals surface area contributed by atoms with Crippen LogP contribution in [-0.2, 0) is 22.9 Å². The largest absolute Gasteiger partial charge is 0.465 e. The van der Waals surface area contributed by atoms with Crippen LogP contribution in [0.5, 0.6) is 0 Å². The maximum absolute atomic E-state index is 12.0. The van der Waals surface area contributed by atoms with Crippen molar-refractivity contribution in [2.24, 2.45) is 18.8 Å². The minimum atomic E-state index is -2.67. The van der Waals surface area contributed by atoms with Crippen molar-refractivity contribution >= 4 is 5.97 Å². The predicted octanol–water partition coefficient (Wildman–Crippen LogP) is 1.47. The molecule has 0 saturated carbocycles. The van der Waals surface area contributed by atoms with Crippen LogP contribution >= 0.6 is 0 Å². The Hall–Kier alpha value is -1.32. The molecule has 0 aliphatic carbocycles. The highest BCUT2D eigenvalue weighted by Gasteiger charge is 2.35. The third-order valence-corrected chi connectivity index (χ3v) is 2.55. The Morgan fingerprint density at radius 2 is 2.75 bits per heavy atom. The SMILES string of the molecule is [2H]c1nc(C)n(C([2H])([2H])[2H])c1C[C@@]1([2H])COC(=O)[C@@]1([2H])CC([2H])([2H])[2H]. The molecule has 0 radical (unpaired) electrons. The van der Waals surface area contributed by atoms with Crippen molar-refractivity contribution in [3.63, 3.8) is 0 Å². The average molecular weight is 231 g/mol. The lowest BCUT2D eigenvalue weighted by atomic mass is 9.89. The zero-order valence-corrected chi connectivity index (χ0v) is 8.83. The number of rotatable bonds is 3. The summed E-state index contributed by atoms with van der Waals surface area (Å²) in [6.07, 6.45) is -1.82. The fraction of sp³-hybridized carbons (Fsp3) is 0.667. The standard InChI is InChI=1S/C12H18N2O2/c1-4-11-9(7-16-12(11)15)5-10-6-13-8(2)14(10)3/h6,9,11H,4-5,7H2,1-3H3/t9-,11-/m0/s1/i1D3,3D3,6D,9D,11D. The molecule has 0 aromatic carbocycles. The number of cyclic esters (lactones) is 1. The second-order valence-electron chi connectivity index (χ2n) is 3.56. The summed E-state index contributed by atoms with van der Waals surface area (Å²) in [5.74, 6) is -5.56. The topological polar surface area (TPSA) is 44.1 Å². The maximum Gasteiger partial charge on any atom is 0.309 e. The molecule has 1 aromatic heterocycles. The third kappa shape index (κ3) is 1.84. The first-order valence-electron chi connectivity index (χ1n) is 9.33. The van der Waals surface area contributed by atoms with Gasteiger partial charge < -0.3 is 9.30 Å². The maximum atomic E-state index is 12.0. The number of ether oxygens (including phenoxy) is 1. The smallest absolute Gasteiger partial charge is 0.309 e. The number of carbonyl (C=O) groups excluding carboxylic acids is 1. The minimum absolute atomic E-state index is 0.0280. The molecule has 1 aromatic rings. The van der Waals surface area contributed by atoms with Crippen LogP contribution in [0.2, 0.25) is 0 Å². The molecule has 0 bridgehead atoms. The van der Waals surface area contributed by atoms with Crippen LogP contribution in [0.4, 0.5) is 0 Å². The minimum Gasteiger partial charge on any atom is -0.465 e. The Labute approximate surface area is 108 Å². The van der Waals surface area contributed by atoms with Crippen molar-refractivity contribution < 1.29 is 21.9 Å². The summed E-state index contributed by atoms with van der Waals surface area (Å²) in [5, 5.41) is 0. The first-order valence-corrected chi connectivity index (χ1v) is 4.83. The number of aromatic nitrogens is 2. The second-order valence-corrected chi connectivity index (χ2v) is 3.56. The van der Waals surface area contributed by atoms with Crippen LogP contribution in [0.3, 0.4) is 0 Å². The van der Waals surface area contributed by atoms with Crippen LogP contribution in [0.1, 0.15) is 37.1 Å². The van der Waals surface area contributed by atoms with Gasteiger partial charge in [0.05, 0.1) is 13.9 Å². The normalized spacial score (nSPS) is 43.8. The molecule has 0 spiro atoms. The zero-order valence-electron chi connectivity index (χ0n) is 17.8. The molecule has 1 saturated heterocycles. The van der Waals surface area contributed by atoms with E-state index in [9.17, 15) is 4.79 Å². The van der Waals surface area contributed by atoms with E-state index in [0.717, 1.165) is 4.57 Å². The van der Waals surface area contributed by atoms with Gasteiger partial charge in [0.2, 0.25) is 0 Å². The molecule has 88 valence electrons. The molecule has 4 heteroatoms. The Morgan fingerprint density at radius 3 is 3.50 bits per heavy atom. The van der Waals surface area contributed by atoms with Gasteiger partial charge in [0.1, 0.15) is 5.82 Å². The van der Waals surface area contributed by atoms with Gasteiger partial charge in [-0.15, -0.1) is 0 Å². The summed E-state index contributed by atoms with van der Waals surface area (Å²) < 4.78 is 74.9. The lowest BCUT2D eigenvalue weighted by Gasteiger charge is -2.13. The third-order valence-electron chi connectivity index (χ3n) is 2.55. The van der Waals surface area contributed by atoms with Gasteiger partial charge in [0.25, 0.3) is 0 Å². The van der Waals surface area contributed by atoms with Gasteiger partial charge in [-0.3, -0.25) is 4.79 Å². The molecular formula is C12H18N2O2. The highest BCUT2D eigenvalue weighted by Crippen LogP contribution is 2.28. The number of hydrogen-bond acceptors (Lipinski definition) is 3. The first-order chi connectivity index (χ1) is 11.1. The number of carbonyl (C=O) groups is 1. The van der Waals surface area contributed by atoms with E-state index in [1.54, 1.807) is 0 Å². The van der Waals surface area contributed by atoms with Crippen LogP contribution in [-0.4, -0.2) is 22.1 Å².